The van der Waals surface area contributed by atoms with E-state index in [4.69, 9.17) is 11.6 Å². The van der Waals surface area contributed by atoms with Crippen LogP contribution in [0, 0.1) is 0 Å². The van der Waals surface area contributed by atoms with Gasteiger partial charge in [0, 0.05) is 11.6 Å². The Morgan fingerprint density at radius 3 is 2.44 bits per heavy atom. The fraction of sp³-hybridized carbons (Fsp3) is 0.600. The van der Waals surface area contributed by atoms with Crippen LogP contribution in [-0.2, 0) is 12.2 Å². The summed E-state index contributed by atoms with van der Waals surface area (Å²) in [5.74, 6) is 0. The van der Waals surface area contributed by atoms with Gasteiger partial charge in [-0.15, -0.1) is 0 Å². The van der Waals surface area contributed by atoms with Gasteiger partial charge in [-0.1, -0.05) is 23.7 Å². The van der Waals surface area contributed by atoms with Crippen LogP contribution in [0.2, 0.25) is 5.02 Å². The number of rotatable bonds is 3. The van der Waals surface area contributed by atoms with Crippen LogP contribution in [-0.4, -0.2) is 18.0 Å². The third-order valence-corrected chi connectivity index (χ3v) is 4.66. The summed E-state index contributed by atoms with van der Waals surface area (Å²) < 4.78 is 14.3. The van der Waals surface area contributed by atoms with Crippen molar-refractivity contribution in [2.45, 2.75) is 44.3 Å². The Morgan fingerprint density at radius 2 is 1.89 bits per heavy atom. The molecule has 0 aromatic heterocycles. The summed E-state index contributed by atoms with van der Waals surface area (Å²) in [5.41, 5.74) is 0.796. The van der Waals surface area contributed by atoms with Gasteiger partial charge in [0.15, 0.2) is 0 Å². The number of nitrogens with zero attached hydrogens (tertiary/aromatic N) is 1. The fourth-order valence-corrected chi connectivity index (χ4v) is 3.15. The van der Waals surface area contributed by atoms with Crippen molar-refractivity contribution < 1.29 is 4.39 Å². The SMILES string of the molecule is FC1(c2ccc(CN3CCCC3)c(Cl)c2)CCC1. The van der Waals surface area contributed by atoms with E-state index in [1.165, 1.54) is 12.8 Å². The van der Waals surface area contributed by atoms with Gasteiger partial charge in [0.1, 0.15) is 5.67 Å². The molecule has 0 spiro atoms. The highest BCUT2D eigenvalue weighted by Crippen LogP contribution is 2.45. The van der Waals surface area contributed by atoms with Crippen molar-refractivity contribution in [1.82, 2.24) is 4.90 Å². The summed E-state index contributed by atoms with van der Waals surface area (Å²) in [7, 11) is 0. The van der Waals surface area contributed by atoms with Crippen LogP contribution in [0.3, 0.4) is 0 Å². The first-order chi connectivity index (χ1) is 8.67. The predicted octanol–water partition coefficient (Wildman–Crippen LogP) is 4.28. The molecule has 1 saturated heterocycles. The monoisotopic (exact) mass is 267 g/mol. The molecule has 1 aromatic carbocycles. The van der Waals surface area contributed by atoms with Crippen molar-refractivity contribution in [3.05, 3.63) is 34.3 Å². The van der Waals surface area contributed by atoms with Crippen molar-refractivity contribution in [3.63, 3.8) is 0 Å². The van der Waals surface area contributed by atoms with E-state index < -0.39 is 5.67 Å². The number of hydrogen-bond acceptors (Lipinski definition) is 1. The lowest BCUT2D eigenvalue weighted by molar-refractivity contribution is 0.0609. The molecule has 3 rings (SSSR count). The summed E-state index contributed by atoms with van der Waals surface area (Å²) in [5, 5.41) is 0.725. The second kappa shape index (κ2) is 4.82. The Hall–Kier alpha value is -0.600. The summed E-state index contributed by atoms with van der Waals surface area (Å²) in [6.07, 6.45) is 4.85. The van der Waals surface area contributed by atoms with Gasteiger partial charge in [0.05, 0.1) is 0 Å². The number of halogens is 2. The Bertz CT molecular complexity index is 436. The smallest absolute Gasteiger partial charge is 0.136 e. The van der Waals surface area contributed by atoms with Crippen LogP contribution in [0.5, 0.6) is 0 Å². The summed E-state index contributed by atoms with van der Waals surface area (Å²) in [6, 6.07) is 5.78. The Morgan fingerprint density at radius 1 is 1.17 bits per heavy atom. The third-order valence-electron chi connectivity index (χ3n) is 4.31. The molecule has 2 fully saturated rings. The Labute approximate surface area is 113 Å². The number of benzene rings is 1. The van der Waals surface area contributed by atoms with Crippen LogP contribution in [0.4, 0.5) is 4.39 Å². The van der Waals surface area contributed by atoms with Gasteiger partial charge in [-0.2, -0.15) is 0 Å². The van der Waals surface area contributed by atoms with E-state index in [2.05, 4.69) is 4.90 Å². The maximum atomic E-state index is 14.3. The molecule has 0 radical (unpaired) electrons. The molecule has 3 heteroatoms. The minimum absolute atomic E-state index is 0.648. The van der Waals surface area contributed by atoms with Crippen LogP contribution in [0.1, 0.15) is 43.2 Å². The highest BCUT2D eigenvalue weighted by Gasteiger charge is 2.38. The molecule has 0 unspecified atom stereocenters. The largest absolute Gasteiger partial charge is 0.299 e. The van der Waals surface area contributed by atoms with Crippen molar-refractivity contribution in [2.75, 3.05) is 13.1 Å². The van der Waals surface area contributed by atoms with E-state index >= 15 is 0 Å². The molecule has 98 valence electrons. The minimum Gasteiger partial charge on any atom is -0.299 e. The van der Waals surface area contributed by atoms with Gasteiger partial charge in [0.25, 0.3) is 0 Å². The van der Waals surface area contributed by atoms with Gasteiger partial charge in [-0.3, -0.25) is 4.90 Å². The zero-order chi connectivity index (χ0) is 12.6. The maximum absolute atomic E-state index is 14.3. The average molecular weight is 268 g/mol. The lowest BCUT2D eigenvalue weighted by Gasteiger charge is -2.34. The fourth-order valence-electron chi connectivity index (χ4n) is 2.91. The van der Waals surface area contributed by atoms with E-state index in [1.54, 1.807) is 0 Å². The zero-order valence-electron chi connectivity index (χ0n) is 10.6. The number of alkyl halides is 1. The first-order valence-electron chi connectivity index (χ1n) is 6.88. The Kier molecular flexibility index (Phi) is 3.33. The molecule has 0 atom stereocenters. The van der Waals surface area contributed by atoms with Gasteiger partial charge >= 0.3 is 0 Å². The molecule has 2 aliphatic rings. The van der Waals surface area contributed by atoms with E-state index in [1.807, 2.05) is 18.2 Å². The zero-order valence-corrected chi connectivity index (χ0v) is 11.3. The minimum atomic E-state index is -1.10. The van der Waals surface area contributed by atoms with Gasteiger partial charge in [0.2, 0.25) is 0 Å². The van der Waals surface area contributed by atoms with Gasteiger partial charge in [-0.05, 0) is 62.4 Å². The van der Waals surface area contributed by atoms with Crippen LogP contribution >= 0.6 is 11.6 Å². The van der Waals surface area contributed by atoms with E-state index in [0.29, 0.717) is 12.8 Å². The quantitative estimate of drug-likeness (QED) is 0.790. The van der Waals surface area contributed by atoms with Crippen molar-refractivity contribution >= 4 is 11.6 Å². The second-order valence-corrected chi connectivity index (χ2v) is 6.02. The number of likely N-dealkylation sites (tertiary alicyclic amines) is 1. The first kappa shape index (κ1) is 12.4. The molecule has 1 aliphatic carbocycles. The third kappa shape index (κ3) is 2.28. The summed E-state index contributed by atoms with van der Waals surface area (Å²) >= 11 is 6.30. The molecule has 0 amide bonds. The van der Waals surface area contributed by atoms with Crippen molar-refractivity contribution in [2.24, 2.45) is 0 Å². The molecular weight excluding hydrogens is 249 g/mol. The lowest BCUT2D eigenvalue weighted by atomic mass is 9.77. The van der Waals surface area contributed by atoms with Crippen LogP contribution in [0.25, 0.3) is 0 Å². The molecule has 1 saturated carbocycles. The molecule has 1 nitrogen and oxygen atoms in total. The average Bonchev–Trinajstić information content (AvgIpc) is 2.81. The standard InChI is InChI=1S/C15H19ClFN/c16-14-10-13(15(17)6-3-7-15)5-4-12(14)11-18-8-1-2-9-18/h4-5,10H,1-3,6-9,11H2. The number of hydrogen-bond donors (Lipinski definition) is 0. The van der Waals surface area contributed by atoms with Crippen molar-refractivity contribution in [1.29, 1.82) is 0 Å². The topological polar surface area (TPSA) is 3.24 Å². The normalized spacial score (nSPS) is 23.0. The first-order valence-corrected chi connectivity index (χ1v) is 7.25. The van der Waals surface area contributed by atoms with Crippen LogP contribution in [0.15, 0.2) is 18.2 Å². The van der Waals surface area contributed by atoms with E-state index in [-0.39, 0.29) is 0 Å². The summed E-state index contributed by atoms with van der Waals surface area (Å²) in [6.45, 7) is 3.22. The van der Waals surface area contributed by atoms with Gasteiger partial charge in [-0.25, -0.2) is 4.39 Å². The predicted molar refractivity (Wildman–Crippen MR) is 72.6 cm³/mol. The highest BCUT2D eigenvalue weighted by molar-refractivity contribution is 6.31. The highest BCUT2D eigenvalue weighted by atomic mass is 35.5. The molecule has 18 heavy (non-hydrogen) atoms. The second-order valence-electron chi connectivity index (χ2n) is 5.61. The molecule has 1 aromatic rings. The Balaban J connectivity index is 1.76. The summed E-state index contributed by atoms with van der Waals surface area (Å²) in [4.78, 5) is 2.41. The lowest BCUT2D eigenvalue weighted by Crippen LogP contribution is -2.28. The molecular formula is C15H19ClFN. The van der Waals surface area contributed by atoms with E-state index in [9.17, 15) is 4.39 Å². The van der Waals surface area contributed by atoms with E-state index in [0.717, 1.165) is 42.2 Å². The molecule has 0 N–H and O–H groups in total. The molecule has 1 aliphatic heterocycles. The van der Waals surface area contributed by atoms with Gasteiger partial charge < -0.3 is 0 Å². The maximum Gasteiger partial charge on any atom is 0.136 e. The molecule has 1 heterocycles. The molecule has 0 bridgehead atoms. The van der Waals surface area contributed by atoms with Crippen molar-refractivity contribution in [3.8, 4) is 0 Å². The van der Waals surface area contributed by atoms with Crippen LogP contribution < -0.4 is 0 Å².